The zero-order valence-electron chi connectivity index (χ0n) is 16.1. The fraction of sp³-hybridized carbons (Fsp3) is 0.333. The number of imide groups is 1. The fourth-order valence-electron chi connectivity index (χ4n) is 3.58. The van der Waals surface area contributed by atoms with Crippen LogP contribution in [0.25, 0.3) is 5.57 Å². The molecule has 0 radical (unpaired) electrons. The van der Waals surface area contributed by atoms with Crippen molar-refractivity contribution >= 4 is 34.4 Å². The minimum atomic E-state index is -0.259. The molecule has 4 rings (SSSR count). The van der Waals surface area contributed by atoms with E-state index >= 15 is 0 Å². The number of benzene rings is 1. The second-order valence-electron chi connectivity index (χ2n) is 6.86. The molecule has 2 aliphatic rings. The molecular formula is C21H23N3O3S. The number of hydrogen-bond donors (Lipinski definition) is 0. The lowest BCUT2D eigenvalue weighted by atomic mass is 10.1. The van der Waals surface area contributed by atoms with Crippen LogP contribution < -0.4 is 9.64 Å². The number of amides is 2. The van der Waals surface area contributed by atoms with Crippen LogP contribution in [-0.2, 0) is 9.59 Å². The van der Waals surface area contributed by atoms with Gasteiger partial charge in [0.05, 0.1) is 17.9 Å². The number of thiophene rings is 1. The van der Waals surface area contributed by atoms with E-state index in [2.05, 4.69) is 16.8 Å². The molecule has 3 heterocycles. The van der Waals surface area contributed by atoms with Gasteiger partial charge in [-0.05, 0) is 49.7 Å². The van der Waals surface area contributed by atoms with Crippen molar-refractivity contribution in [3.63, 3.8) is 0 Å². The van der Waals surface area contributed by atoms with Gasteiger partial charge in [0.2, 0.25) is 0 Å². The van der Waals surface area contributed by atoms with E-state index in [0.29, 0.717) is 23.6 Å². The normalized spacial score (nSPS) is 18.4. The van der Waals surface area contributed by atoms with E-state index in [-0.39, 0.29) is 11.8 Å². The van der Waals surface area contributed by atoms with Gasteiger partial charge in [0.25, 0.3) is 11.8 Å². The van der Waals surface area contributed by atoms with E-state index in [9.17, 15) is 9.59 Å². The first-order valence-corrected chi connectivity index (χ1v) is 10.3. The second kappa shape index (κ2) is 7.77. The van der Waals surface area contributed by atoms with Gasteiger partial charge in [-0.1, -0.05) is 6.07 Å². The fourth-order valence-corrected chi connectivity index (χ4v) is 4.34. The molecule has 1 aromatic heterocycles. The molecule has 2 amide bonds. The van der Waals surface area contributed by atoms with Crippen LogP contribution in [0.3, 0.4) is 0 Å². The van der Waals surface area contributed by atoms with Crippen molar-refractivity contribution in [3.8, 4) is 5.75 Å². The summed E-state index contributed by atoms with van der Waals surface area (Å²) in [4.78, 5) is 33.1. The van der Waals surface area contributed by atoms with E-state index in [1.165, 1.54) is 16.2 Å². The molecule has 0 N–H and O–H groups in total. The number of likely N-dealkylation sites (N-methyl/N-ethyl adjacent to an activating group) is 1. The monoisotopic (exact) mass is 397 g/mol. The van der Waals surface area contributed by atoms with E-state index in [1.807, 2.05) is 24.4 Å². The Bertz CT molecular complexity index is 897. The Morgan fingerprint density at radius 2 is 1.71 bits per heavy atom. The van der Waals surface area contributed by atoms with Crippen molar-refractivity contribution in [1.82, 2.24) is 9.80 Å². The van der Waals surface area contributed by atoms with Gasteiger partial charge in [-0.25, -0.2) is 4.90 Å². The molecule has 1 saturated heterocycles. The third-order valence-electron chi connectivity index (χ3n) is 5.05. The summed E-state index contributed by atoms with van der Waals surface area (Å²) in [5.74, 6) is 0.212. The Kier molecular flexibility index (Phi) is 5.19. The van der Waals surface area contributed by atoms with Gasteiger partial charge in [0.15, 0.2) is 0 Å². The zero-order chi connectivity index (χ0) is 19.7. The number of carbonyl (C=O) groups is 2. The highest BCUT2D eigenvalue weighted by atomic mass is 32.1. The van der Waals surface area contributed by atoms with Gasteiger partial charge in [-0.2, -0.15) is 0 Å². The first kappa shape index (κ1) is 18.7. The Labute approximate surface area is 168 Å². The molecule has 6 nitrogen and oxygen atoms in total. The predicted octanol–water partition coefficient (Wildman–Crippen LogP) is 2.68. The molecule has 2 aliphatic heterocycles. The maximum absolute atomic E-state index is 13.4. The summed E-state index contributed by atoms with van der Waals surface area (Å²) in [5.41, 5.74) is 1.60. The molecule has 28 heavy (non-hydrogen) atoms. The Balaban J connectivity index is 1.71. The van der Waals surface area contributed by atoms with Crippen molar-refractivity contribution in [2.45, 2.75) is 6.92 Å². The van der Waals surface area contributed by atoms with Crippen LogP contribution in [0.1, 0.15) is 11.8 Å². The van der Waals surface area contributed by atoms with Crippen molar-refractivity contribution in [1.29, 1.82) is 0 Å². The third-order valence-corrected chi connectivity index (χ3v) is 5.94. The van der Waals surface area contributed by atoms with Crippen LogP contribution in [-0.4, -0.2) is 61.4 Å². The quantitative estimate of drug-likeness (QED) is 0.726. The van der Waals surface area contributed by atoms with Crippen LogP contribution in [0, 0.1) is 0 Å². The summed E-state index contributed by atoms with van der Waals surface area (Å²) in [7, 11) is 2.07. The van der Waals surface area contributed by atoms with E-state index in [4.69, 9.17) is 4.74 Å². The van der Waals surface area contributed by atoms with Crippen LogP contribution >= 0.6 is 11.3 Å². The van der Waals surface area contributed by atoms with Crippen LogP contribution in [0.2, 0.25) is 0 Å². The molecule has 0 saturated carbocycles. The summed E-state index contributed by atoms with van der Waals surface area (Å²) in [6, 6.07) is 10.9. The summed E-state index contributed by atoms with van der Waals surface area (Å²) >= 11 is 1.49. The van der Waals surface area contributed by atoms with Crippen molar-refractivity contribution in [2.75, 3.05) is 44.7 Å². The Morgan fingerprint density at radius 1 is 1.00 bits per heavy atom. The largest absolute Gasteiger partial charge is 0.494 e. The number of ether oxygens (including phenoxy) is 1. The highest BCUT2D eigenvalue weighted by Gasteiger charge is 2.43. The van der Waals surface area contributed by atoms with Gasteiger partial charge < -0.3 is 14.5 Å². The lowest BCUT2D eigenvalue weighted by Gasteiger charge is -2.34. The van der Waals surface area contributed by atoms with Gasteiger partial charge in [0, 0.05) is 31.1 Å². The first-order chi connectivity index (χ1) is 13.6. The summed E-state index contributed by atoms with van der Waals surface area (Å²) in [5, 5.41) is 1.93. The molecule has 0 unspecified atom stereocenters. The minimum absolute atomic E-state index is 0.248. The summed E-state index contributed by atoms with van der Waals surface area (Å²) < 4.78 is 5.47. The molecule has 0 atom stereocenters. The Morgan fingerprint density at radius 3 is 2.32 bits per heavy atom. The number of anilines is 1. The van der Waals surface area contributed by atoms with Crippen LogP contribution in [0.5, 0.6) is 5.75 Å². The molecule has 1 fully saturated rings. The molecule has 7 heteroatoms. The number of piperazine rings is 1. The van der Waals surface area contributed by atoms with Crippen LogP contribution in [0.4, 0.5) is 5.69 Å². The van der Waals surface area contributed by atoms with E-state index < -0.39 is 0 Å². The molecule has 0 aliphatic carbocycles. The lowest BCUT2D eigenvalue weighted by molar-refractivity contribution is -0.120. The van der Waals surface area contributed by atoms with Gasteiger partial charge >= 0.3 is 0 Å². The SMILES string of the molecule is CCOc1ccc(N2C(=O)C(c3cccs3)=C(N3CCN(C)CC3)C2=O)cc1. The van der Waals surface area contributed by atoms with Crippen molar-refractivity contribution in [3.05, 3.63) is 52.4 Å². The molecule has 0 bridgehead atoms. The average Bonchev–Trinajstić information content (AvgIpc) is 3.30. The minimum Gasteiger partial charge on any atom is -0.494 e. The summed E-state index contributed by atoms with van der Waals surface area (Å²) in [6.07, 6.45) is 0. The van der Waals surface area contributed by atoms with Gasteiger partial charge in [0.1, 0.15) is 11.4 Å². The highest BCUT2D eigenvalue weighted by Crippen LogP contribution is 2.37. The van der Waals surface area contributed by atoms with E-state index in [1.54, 1.807) is 24.3 Å². The first-order valence-electron chi connectivity index (χ1n) is 9.43. The highest BCUT2D eigenvalue weighted by molar-refractivity contribution is 7.11. The lowest BCUT2D eigenvalue weighted by Crippen LogP contribution is -2.46. The predicted molar refractivity (Wildman–Crippen MR) is 110 cm³/mol. The van der Waals surface area contributed by atoms with Crippen LogP contribution in [0.15, 0.2) is 47.5 Å². The second-order valence-corrected chi connectivity index (χ2v) is 7.81. The number of rotatable bonds is 5. The molecule has 146 valence electrons. The Hall–Kier alpha value is -2.64. The zero-order valence-corrected chi connectivity index (χ0v) is 16.9. The molecular weight excluding hydrogens is 374 g/mol. The maximum atomic E-state index is 13.4. The summed E-state index contributed by atoms with van der Waals surface area (Å²) in [6.45, 7) is 5.69. The third kappa shape index (κ3) is 3.31. The van der Waals surface area contributed by atoms with Gasteiger partial charge in [-0.3, -0.25) is 9.59 Å². The molecule has 1 aromatic carbocycles. The van der Waals surface area contributed by atoms with Gasteiger partial charge in [-0.15, -0.1) is 11.3 Å². The standard InChI is InChI=1S/C21H23N3O3S/c1-3-27-16-8-6-15(7-9-16)24-20(25)18(17-5-4-14-28-17)19(21(24)26)23-12-10-22(2)11-13-23/h4-9,14H,3,10-13H2,1-2H3. The van der Waals surface area contributed by atoms with E-state index in [0.717, 1.165) is 36.8 Å². The number of carbonyl (C=O) groups excluding carboxylic acids is 2. The smallest absolute Gasteiger partial charge is 0.282 e. The maximum Gasteiger partial charge on any atom is 0.282 e. The number of nitrogens with zero attached hydrogens (tertiary/aromatic N) is 3. The van der Waals surface area contributed by atoms with Crippen molar-refractivity contribution < 1.29 is 14.3 Å². The molecule has 2 aromatic rings. The number of hydrogen-bond acceptors (Lipinski definition) is 6. The van der Waals surface area contributed by atoms with Crippen molar-refractivity contribution in [2.24, 2.45) is 0 Å². The molecule has 0 spiro atoms. The average molecular weight is 398 g/mol. The topological polar surface area (TPSA) is 53.1 Å².